The molecule has 1 amide bonds. The van der Waals surface area contributed by atoms with E-state index in [1.54, 1.807) is 0 Å². The molecule has 4 rings (SSSR count). The van der Waals surface area contributed by atoms with Gasteiger partial charge in [-0.3, -0.25) is 9.59 Å². The van der Waals surface area contributed by atoms with Gasteiger partial charge in [-0.15, -0.1) is 11.3 Å². The Hall–Kier alpha value is -2.39. The number of thiophene rings is 1. The highest BCUT2D eigenvalue weighted by Gasteiger charge is 2.35. The van der Waals surface area contributed by atoms with Crippen molar-refractivity contribution in [2.75, 3.05) is 11.9 Å². The van der Waals surface area contributed by atoms with E-state index in [9.17, 15) is 22.8 Å². The Labute approximate surface area is 220 Å². The minimum atomic E-state index is -4.69. The van der Waals surface area contributed by atoms with E-state index in [4.69, 9.17) is 27.9 Å². The van der Waals surface area contributed by atoms with Crippen molar-refractivity contribution in [1.29, 1.82) is 0 Å². The second-order valence-corrected chi connectivity index (χ2v) is 10.3. The number of anilines is 1. The zero-order valence-electron chi connectivity index (χ0n) is 19.0. The number of Topliss-reactive ketones (excluding diaryl/α,β-unsaturated/α-hetero) is 1. The molecule has 0 saturated heterocycles. The number of amides is 1. The Bertz CT molecular complexity index is 1270. The third-order valence-corrected chi connectivity index (χ3v) is 7.76. The molecule has 3 aromatic rings. The molecule has 1 aliphatic heterocycles. The summed E-state index contributed by atoms with van der Waals surface area (Å²) in [5, 5.41) is 2.94. The van der Waals surface area contributed by atoms with Gasteiger partial charge in [0.1, 0.15) is 5.00 Å². The fraction of sp³-hybridized carbons (Fsp3) is 0.308. The lowest BCUT2D eigenvalue weighted by molar-refractivity contribution is -0.137. The van der Waals surface area contributed by atoms with E-state index in [1.165, 1.54) is 17.4 Å². The van der Waals surface area contributed by atoms with Crippen LogP contribution in [0.4, 0.5) is 18.2 Å². The van der Waals surface area contributed by atoms with Crippen LogP contribution >= 0.6 is 34.5 Å². The molecule has 0 radical (unpaired) electrons. The van der Waals surface area contributed by atoms with Crippen LogP contribution in [-0.2, 0) is 30.4 Å². The van der Waals surface area contributed by atoms with Crippen LogP contribution < -0.4 is 5.32 Å². The Morgan fingerprint density at radius 1 is 1.06 bits per heavy atom. The van der Waals surface area contributed by atoms with Crippen molar-refractivity contribution in [3.63, 3.8) is 0 Å². The molecule has 10 heteroatoms. The summed E-state index contributed by atoms with van der Waals surface area (Å²) >= 11 is 13.1. The number of ketones is 1. The summed E-state index contributed by atoms with van der Waals surface area (Å²) in [5.41, 5.74) is 0.833. The summed E-state index contributed by atoms with van der Waals surface area (Å²) in [6, 6.07) is 10.7. The maximum atomic E-state index is 13.2. The molecule has 1 N–H and O–H groups in total. The lowest BCUT2D eigenvalue weighted by Crippen LogP contribution is -2.17. The maximum Gasteiger partial charge on any atom is 0.417 e. The molecule has 190 valence electrons. The average molecular weight is 556 g/mol. The third kappa shape index (κ3) is 6.11. The molecule has 36 heavy (non-hydrogen) atoms. The quantitative estimate of drug-likeness (QED) is 0.226. The number of ether oxygens (including phenoxy) is 1. The Morgan fingerprint density at radius 3 is 2.53 bits per heavy atom. The van der Waals surface area contributed by atoms with Gasteiger partial charge in [0.05, 0.1) is 34.9 Å². The van der Waals surface area contributed by atoms with Gasteiger partial charge in [-0.25, -0.2) is 0 Å². The molecule has 0 atom stereocenters. The molecule has 0 saturated carbocycles. The predicted molar refractivity (Wildman–Crippen MR) is 135 cm³/mol. The van der Waals surface area contributed by atoms with E-state index >= 15 is 0 Å². The van der Waals surface area contributed by atoms with Crippen LogP contribution in [0.15, 0.2) is 42.5 Å². The normalized spacial score (nSPS) is 13.4. The first-order valence-corrected chi connectivity index (χ1v) is 12.9. The van der Waals surface area contributed by atoms with Crippen LogP contribution in [0.25, 0.3) is 0 Å². The number of hydrogen-bond acceptors (Lipinski definition) is 4. The third-order valence-electron chi connectivity index (χ3n) is 5.90. The van der Waals surface area contributed by atoms with E-state index in [0.717, 1.165) is 41.0 Å². The number of hydrogen-bond donors (Lipinski definition) is 1. The minimum absolute atomic E-state index is 0.139. The van der Waals surface area contributed by atoms with Crippen molar-refractivity contribution in [3.05, 3.63) is 85.2 Å². The number of rotatable bonds is 8. The van der Waals surface area contributed by atoms with Crippen LogP contribution in [0.2, 0.25) is 10.0 Å². The topological polar surface area (TPSA) is 55.4 Å². The highest BCUT2D eigenvalue weighted by atomic mass is 35.5. The molecule has 0 bridgehead atoms. The number of carbonyl (C=O) groups is 2. The van der Waals surface area contributed by atoms with Gasteiger partial charge in [0.15, 0.2) is 5.78 Å². The first-order chi connectivity index (χ1) is 17.1. The van der Waals surface area contributed by atoms with Crippen molar-refractivity contribution in [1.82, 2.24) is 0 Å². The van der Waals surface area contributed by atoms with Gasteiger partial charge in [0.2, 0.25) is 0 Å². The van der Waals surface area contributed by atoms with Crippen molar-refractivity contribution in [2.24, 2.45) is 0 Å². The molecule has 2 heterocycles. The first kappa shape index (κ1) is 26.7. The van der Waals surface area contributed by atoms with Crippen molar-refractivity contribution < 1.29 is 27.5 Å². The SMILES string of the molecule is O=C(Nc1sc2c(c1C(=O)CCCCc1ccc(Cl)cc1)COCC2)c1cccc(C(F)(F)F)c1Cl. The fourth-order valence-corrected chi connectivity index (χ4v) is 5.72. The highest BCUT2D eigenvalue weighted by molar-refractivity contribution is 7.17. The monoisotopic (exact) mass is 555 g/mol. The smallest absolute Gasteiger partial charge is 0.376 e. The molecule has 1 aliphatic rings. The van der Waals surface area contributed by atoms with Crippen molar-refractivity contribution in [3.8, 4) is 0 Å². The number of benzene rings is 2. The largest absolute Gasteiger partial charge is 0.417 e. The number of fused-ring (bicyclic) bond motifs is 1. The Balaban J connectivity index is 1.50. The second-order valence-electron chi connectivity index (χ2n) is 8.39. The summed E-state index contributed by atoms with van der Waals surface area (Å²) in [6.07, 6.45) is -1.61. The van der Waals surface area contributed by atoms with Crippen molar-refractivity contribution >= 4 is 51.2 Å². The van der Waals surface area contributed by atoms with Crippen LogP contribution in [0.1, 0.15) is 61.5 Å². The van der Waals surface area contributed by atoms with E-state index < -0.39 is 22.7 Å². The summed E-state index contributed by atoms with van der Waals surface area (Å²) in [4.78, 5) is 27.1. The van der Waals surface area contributed by atoms with Crippen LogP contribution in [-0.4, -0.2) is 18.3 Å². The van der Waals surface area contributed by atoms with Gasteiger partial charge in [0.25, 0.3) is 5.91 Å². The molecule has 0 unspecified atom stereocenters. The Kier molecular flexibility index (Phi) is 8.40. The molecule has 4 nitrogen and oxygen atoms in total. The molecular formula is C26H22Cl2F3NO3S. The van der Waals surface area contributed by atoms with Gasteiger partial charge < -0.3 is 10.1 Å². The molecular weight excluding hydrogens is 534 g/mol. The molecule has 2 aromatic carbocycles. The number of unbranched alkanes of at least 4 members (excludes halogenated alkanes) is 1. The number of nitrogens with one attached hydrogen (secondary N) is 1. The predicted octanol–water partition coefficient (Wildman–Crippen LogP) is 7.99. The van der Waals surface area contributed by atoms with Crippen molar-refractivity contribution in [2.45, 2.75) is 44.9 Å². The number of carbonyl (C=O) groups excluding carboxylic acids is 2. The maximum absolute atomic E-state index is 13.2. The van der Waals surface area contributed by atoms with E-state index in [0.29, 0.717) is 35.0 Å². The van der Waals surface area contributed by atoms with Gasteiger partial charge in [-0.1, -0.05) is 41.4 Å². The summed E-state index contributed by atoms with van der Waals surface area (Å²) in [7, 11) is 0. The molecule has 0 spiro atoms. The first-order valence-electron chi connectivity index (χ1n) is 11.3. The van der Waals surface area contributed by atoms with Gasteiger partial charge in [-0.05, 0) is 49.1 Å². The van der Waals surface area contributed by atoms with Crippen LogP contribution in [0, 0.1) is 0 Å². The highest BCUT2D eigenvalue weighted by Crippen LogP contribution is 2.39. The van der Waals surface area contributed by atoms with E-state index in [2.05, 4.69) is 5.32 Å². The standard InChI is InChI=1S/C26H22Cl2F3NO3S/c27-16-10-8-15(9-11-16)4-1-2-7-20(33)22-18-14-35-13-12-21(18)36-25(22)32-24(34)17-5-3-6-19(23(17)28)26(29,30)31/h3,5-6,8-11H,1-2,4,7,12-14H2,(H,32,34). The number of aryl methyl sites for hydroxylation is 1. The summed E-state index contributed by atoms with van der Waals surface area (Å²) in [6.45, 7) is 0.743. The van der Waals surface area contributed by atoms with Crippen LogP contribution in [0.3, 0.4) is 0 Å². The fourth-order valence-electron chi connectivity index (χ4n) is 4.08. The number of halogens is 5. The zero-order valence-corrected chi connectivity index (χ0v) is 21.3. The molecule has 0 fully saturated rings. The van der Waals surface area contributed by atoms with Gasteiger partial charge >= 0.3 is 6.18 Å². The summed E-state index contributed by atoms with van der Waals surface area (Å²) < 4.78 is 45.3. The molecule has 0 aliphatic carbocycles. The Morgan fingerprint density at radius 2 is 1.81 bits per heavy atom. The van der Waals surface area contributed by atoms with E-state index in [-0.39, 0.29) is 24.4 Å². The minimum Gasteiger partial charge on any atom is -0.376 e. The van der Waals surface area contributed by atoms with Gasteiger partial charge in [0, 0.05) is 28.3 Å². The average Bonchev–Trinajstić information content (AvgIpc) is 3.20. The summed E-state index contributed by atoms with van der Waals surface area (Å²) in [5.74, 6) is -0.943. The van der Waals surface area contributed by atoms with Gasteiger partial charge in [-0.2, -0.15) is 13.2 Å². The lowest BCUT2D eigenvalue weighted by Gasteiger charge is -2.14. The van der Waals surface area contributed by atoms with Crippen LogP contribution in [0.5, 0.6) is 0 Å². The number of alkyl halides is 3. The molecule has 1 aromatic heterocycles. The lowest BCUT2D eigenvalue weighted by atomic mass is 9.99. The second kappa shape index (κ2) is 11.3. The zero-order chi connectivity index (χ0) is 25.9. The van der Waals surface area contributed by atoms with E-state index in [1.807, 2.05) is 24.3 Å².